The Morgan fingerprint density at radius 3 is 1.10 bits per heavy atom. The van der Waals surface area contributed by atoms with Crippen molar-refractivity contribution in [2.45, 2.75) is 79.1 Å². The molecule has 0 saturated heterocycles. The summed E-state index contributed by atoms with van der Waals surface area (Å²) in [6, 6.07) is 27.3. The molecule has 4 aromatic carbocycles. The van der Waals surface area contributed by atoms with Crippen molar-refractivity contribution in [2.75, 3.05) is 24.6 Å². The second-order valence-electron chi connectivity index (χ2n) is 10.1. The summed E-state index contributed by atoms with van der Waals surface area (Å²) in [6.07, 6.45) is 16.5. The van der Waals surface area contributed by atoms with Gasteiger partial charge in [-0.15, -0.1) is 80.7 Å². The van der Waals surface area contributed by atoms with Crippen LogP contribution in [-0.4, -0.2) is 24.6 Å². The molecular formula is C34H48Cl2HfP2. The molecule has 0 nitrogen and oxygen atoms in total. The van der Waals surface area contributed by atoms with Gasteiger partial charge in [-0.3, -0.25) is 0 Å². The molecule has 0 aromatic heterocycles. The van der Waals surface area contributed by atoms with Crippen LogP contribution in [-0.2, 0) is 25.8 Å². The zero-order valence-electron chi connectivity index (χ0n) is 24.6. The second-order valence-corrected chi connectivity index (χ2v) is 15.1. The van der Waals surface area contributed by atoms with Gasteiger partial charge in [0, 0.05) is 0 Å². The first-order valence-electron chi connectivity index (χ1n) is 14.5. The maximum atomic E-state index is 2.44. The quantitative estimate of drug-likeness (QED) is 0.101. The van der Waals surface area contributed by atoms with Crippen LogP contribution in [0.4, 0.5) is 0 Å². The average molecular weight is 768 g/mol. The number of fused-ring (bicyclic) bond motifs is 2. The van der Waals surface area contributed by atoms with Crippen LogP contribution in [0, 0.1) is 0 Å². The number of unbranched alkanes of at least 4 members (excludes halogenated alkanes) is 4. The van der Waals surface area contributed by atoms with E-state index >= 15 is 0 Å². The molecule has 5 heteroatoms. The van der Waals surface area contributed by atoms with Crippen molar-refractivity contribution in [3.63, 3.8) is 0 Å². The molecule has 0 amide bonds. The van der Waals surface area contributed by atoms with Gasteiger partial charge in [0.15, 0.2) is 0 Å². The fourth-order valence-corrected chi connectivity index (χ4v) is 10.3. The van der Waals surface area contributed by atoms with Crippen molar-refractivity contribution in [2.24, 2.45) is 0 Å². The first-order chi connectivity index (χ1) is 17.7. The van der Waals surface area contributed by atoms with Crippen molar-refractivity contribution >= 4 is 48.0 Å². The minimum atomic E-state index is 0. The fourth-order valence-electron chi connectivity index (χ4n) is 4.77. The molecule has 4 rings (SSSR count). The summed E-state index contributed by atoms with van der Waals surface area (Å²) in [7, 11) is 0.171. The third-order valence-corrected chi connectivity index (χ3v) is 12.5. The van der Waals surface area contributed by atoms with E-state index in [0.717, 1.165) is 0 Å². The van der Waals surface area contributed by atoms with Crippen LogP contribution in [0.2, 0.25) is 0 Å². The molecule has 0 unspecified atom stereocenters. The summed E-state index contributed by atoms with van der Waals surface area (Å²) < 4.78 is 0. The van der Waals surface area contributed by atoms with Gasteiger partial charge in [-0.1, -0.05) is 81.4 Å². The zero-order valence-corrected chi connectivity index (χ0v) is 31.5. The average Bonchev–Trinajstić information content (AvgIpc) is 3.53. The second kappa shape index (κ2) is 22.6. The molecule has 0 saturated carbocycles. The van der Waals surface area contributed by atoms with E-state index in [1.54, 1.807) is 10.6 Å². The largest absolute Gasteiger partial charge is 4.00 e. The van der Waals surface area contributed by atoms with E-state index in [4.69, 9.17) is 0 Å². The molecule has 0 bridgehead atoms. The number of hydrogen-bond acceptors (Lipinski definition) is 0. The van der Waals surface area contributed by atoms with Gasteiger partial charge in [0.05, 0.1) is 0 Å². The molecule has 0 radical (unpaired) electrons. The van der Waals surface area contributed by atoms with E-state index in [-0.39, 0.29) is 66.5 Å². The molecule has 0 aliphatic heterocycles. The maximum absolute atomic E-state index is 2.44. The first-order valence-corrected chi connectivity index (χ1v) is 17.9. The van der Waals surface area contributed by atoms with Gasteiger partial charge in [0.1, 0.15) is 0 Å². The zero-order chi connectivity index (χ0) is 25.6. The Labute approximate surface area is 273 Å². The number of hydrogen-bond donors (Lipinski definition) is 0. The molecule has 0 atom stereocenters. The minimum Gasteiger partial charge on any atom is -1.00 e. The van der Waals surface area contributed by atoms with Crippen molar-refractivity contribution in [1.82, 2.24) is 0 Å². The third kappa shape index (κ3) is 12.8. The minimum absolute atomic E-state index is 0. The third-order valence-electron chi connectivity index (χ3n) is 7.06. The van der Waals surface area contributed by atoms with Crippen LogP contribution in [0.25, 0.3) is 21.5 Å². The van der Waals surface area contributed by atoms with E-state index in [0.29, 0.717) is 0 Å². The number of halogens is 2. The summed E-state index contributed by atoms with van der Waals surface area (Å²) in [5.74, 6) is 0. The van der Waals surface area contributed by atoms with Crippen LogP contribution in [0.5, 0.6) is 0 Å². The first kappa shape index (κ1) is 39.0. The van der Waals surface area contributed by atoms with E-state index in [9.17, 15) is 0 Å². The number of benzene rings is 2. The van der Waals surface area contributed by atoms with Gasteiger partial charge in [-0.25, -0.2) is 0 Å². The predicted molar refractivity (Wildman–Crippen MR) is 171 cm³/mol. The monoisotopic (exact) mass is 768 g/mol. The van der Waals surface area contributed by atoms with Gasteiger partial charge in [-0.05, 0) is 50.3 Å². The molecule has 4 aromatic rings. The smallest absolute Gasteiger partial charge is 1.00 e. The van der Waals surface area contributed by atoms with Gasteiger partial charge >= 0.3 is 25.8 Å². The summed E-state index contributed by atoms with van der Waals surface area (Å²) in [6.45, 7) is 9.20. The standard InChI is InChI=1S/2C17H24P.2ClH.Hf/c2*1-3-5-11-18(12-6-4-2)17-13-15-9-7-8-10-16(15)14-17;;;/h2*7-10,13-14H,3-6,11-12H2,1-2H3;2*1H;/q2*-1;;;+4/p-2. The van der Waals surface area contributed by atoms with Crippen molar-refractivity contribution in [3.05, 3.63) is 72.8 Å². The summed E-state index contributed by atoms with van der Waals surface area (Å²) in [4.78, 5) is 0. The summed E-state index contributed by atoms with van der Waals surface area (Å²) in [5, 5.41) is 8.96. The molecular weight excluding hydrogens is 720 g/mol. The topological polar surface area (TPSA) is 0 Å². The Hall–Kier alpha value is -0.0299. The Kier molecular flexibility index (Phi) is 22.5. The molecule has 0 N–H and O–H groups in total. The van der Waals surface area contributed by atoms with E-state index in [2.05, 4.69) is 100 Å². The molecule has 0 aliphatic rings. The Bertz CT molecular complexity index is 964. The Balaban J connectivity index is 0.000000688. The van der Waals surface area contributed by atoms with Gasteiger partial charge in [0.25, 0.3) is 0 Å². The summed E-state index contributed by atoms with van der Waals surface area (Å²) in [5.41, 5.74) is 0. The van der Waals surface area contributed by atoms with Gasteiger partial charge in [0.2, 0.25) is 0 Å². The SMILES string of the molecule is CCCCP(CCCC)c1cc2ccccc2[cH-]1.CCCCP(CCCC)c1cc2ccccc2[cH-]1.[Cl-].[Cl-].[Hf+4]. The fraction of sp³-hybridized carbons (Fsp3) is 0.471. The van der Waals surface area contributed by atoms with Crippen molar-refractivity contribution in [1.29, 1.82) is 0 Å². The van der Waals surface area contributed by atoms with Crippen LogP contribution in [0.3, 0.4) is 0 Å². The van der Waals surface area contributed by atoms with E-state index < -0.39 is 0 Å². The van der Waals surface area contributed by atoms with Crippen LogP contribution in [0.15, 0.2) is 72.8 Å². The molecule has 0 spiro atoms. The maximum Gasteiger partial charge on any atom is 4.00 e. The normalized spacial score (nSPS) is 10.6. The van der Waals surface area contributed by atoms with Crippen molar-refractivity contribution in [3.8, 4) is 0 Å². The Morgan fingerprint density at radius 1 is 0.513 bits per heavy atom. The Morgan fingerprint density at radius 2 is 0.821 bits per heavy atom. The van der Waals surface area contributed by atoms with Crippen LogP contribution in [0.1, 0.15) is 79.1 Å². The predicted octanol–water partition coefficient (Wildman–Crippen LogP) is 4.54. The van der Waals surface area contributed by atoms with Crippen LogP contribution < -0.4 is 35.4 Å². The molecule has 0 fully saturated rings. The van der Waals surface area contributed by atoms with Gasteiger partial charge < -0.3 is 24.8 Å². The molecule has 39 heavy (non-hydrogen) atoms. The van der Waals surface area contributed by atoms with Crippen molar-refractivity contribution < 1.29 is 50.7 Å². The number of rotatable bonds is 14. The molecule has 0 aliphatic carbocycles. The summed E-state index contributed by atoms with van der Waals surface area (Å²) >= 11 is 0. The van der Waals surface area contributed by atoms with Gasteiger partial charge in [-0.2, -0.15) is 12.1 Å². The molecule has 0 heterocycles. The van der Waals surface area contributed by atoms with E-state index in [1.165, 1.54) is 97.6 Å². The van der Waals surface area contributed by atoms with Crippen LogP contribution >= 0.6 is 15.8 Å². The molecule has 212 valence electrons. The van der Waals surface area contributed by atoms with E-state index in [1.807, 2.05) is 0 Å².